The lowest BCUT2D eigenvalue weighted by molar-refractivity contribution is -0.116. The van der Waals surface area contributed by atoms with Crippen LogP contribution in [0.3, 0.4) is 0 Å². The molecule has 0 fully saturated rings. The normalized spacial score (nSPS) is 10.5. The lowest BCUT2D eigenvalue weighted by Gasteiger charge is -2.03. The van der Waals surface area contributed by atoms with Crippen molar-refractivity contribution in [2.75, 3.05) is 19.0 Å². The molecule has 0 bridgehead atoms. The van der Waals surface area contributed by atoms with Crippen LogP contribution in [0.4, 0.5) is 5.13 Å². The number of methoxy groups -OCH3 is 1. The van der Waals surface area contributed by atoms with E-state index in [1.54, 1.807) is 18.6 Å². The van der Waals surface area contributed by atoms with E-state index in [0.717, 1.165) is 10.2 Å². The molecule has 0 aliphatic carbocycles. The Balaban J connectivity index is 1.54. The first-order chi connectivity index (χ1) is 11.7. The molecule has 0 saturated carbocycles. The van der Waals surface area contributed by atoms with Gasteiger partial charge in [0.1, 0.15) is 11.3 Å². The number of hydrogen-bond acceptors (Lipinski definition) is 6. The fourth-order valence-electron chi connectivity index (χ4n) is 2.11. The number of amides is 2. The van der Waals surface area contributed by atoms with Crippen molar-refractivity contribution >= 4 is 49.8 Å². The Labute approximate surface area is 146 Å². The summed E-state index contributed by atoms with van der Waals surface area (Å²) in [5, 5.41) is 9.59. The standard InChI is InChI=1S/C16H15N3O3S2/c1-22-11-3-2-4-12-14(11)19-16(24-12)18-13(20)5-7-17-15(21)10-6-8-23-9-10/h2-4,6,8-9H,5,7H2,1H3,(H,17,21)(H,18,19,20). The van der Waals surface area contributed by atoms with Gasteiger partial charge in [-0.1, -0.05) is 17.4 Å². The summed E-state index contributed by atoms with van der Waals surface area (Å²) in [6.07, 6.45) is 0.183. The summed E-state index contributed by atoms with van der Waals surface area (Å²) in [5.41, 5.74) is 1.34. The summed E-state index contributed by atoms with van der Waals surface area (Å²) in [6.45, 7) is 0.273. The van der Waals surface area contributed by atoms with Crippen LogP contribution in [0.15, 0.2) is 35.0 Å². The number of nitrogens with zero attached hydrogens (tertiary/aromatic N) is 1. The van der Waals surface area contributed by atoms with Crippen LogP contribution >= 0.6 is 22.7 Å². The van der Waals surface area contributed by atoms with Gasteiger partial charge < -0.3 is 15.4 Å². The smallest absolute Gasteiger partial charge is 0.252 e. The van der Waals surface area contributed by atoms with E-state index in [2.05, 4.69) is 15.6 Å². The predicted molar refractivity (Wildman–Crippen MR) is 96.1 cm³/mol. The number of carbonyl (C=O) groups excluding carboxylic acids is 2. The SMILES string of the molecule is COc1cccc2sc(NC(=O)CCNC(=O)c3ccsc3)nc12. The van der Waals surface area contributed by atoms with Gasteiger partial charge in [0.25, 0.3) is 5.91 Å². The molecule has 2 aromatic heterocycles. The van der Waals surface area contributed by atoms with E-state index in [1.807, 2.05) is 23.6 Å². The zero-order valence-corrected chi connectivity index (χ0v) is 14.5. The van der Waals surface area contributed by atoms with E-state index in [4.69, 9.17) is 4.74 Å². The number of anilines is 1. The third-order valence-corrected chi connectivity index (χ3v) is 4.89. The molecule has 6 nitrogen and oxygen atoms in total. The highest BCUT2D eigenvalue weighted by atomic mass is 32.1. The molecule has 1 aromatic carbocycles. The van der Waals surface area contributed by atoms with Crippen LogP contribution in [0.5, 0.6) is 5.75 Å². The van der Waals surface area contributed by atoms with Gasteiger partial charge in [-0.2, -0.15) is 11.3 Å². The van der Waals surface area contributed by atoms with Crippen molar-refractivity contribution in [2.24, 2.45) is 0 Å². The number of carbonyl (C=O) groups is 2. The highest BCUT2D eigenvalue weighted by Gasteiger charge is 2.11. The van der Waals surface area contributed by atoms with Gasteiger partial charge in [-0.05, 0) is 23.6 Å². The van der Waals surface area contributed by atoms with Gasteiger partial charge in [0, 0.05) is 23.9 Å². The first kappa shape index (κ1) is 16.4. The number of thiazole rings is 1. The Morgan fingerprint density at radius 1 is 1.29 bits per heavy atom. The van der Waals surface area contributed by atoms with Crippen LogP contribution in [-0.4, -0.2) is 30.5 Å². The molecule has 0 unspecified atom stereocenters. The molecule has 3 aromatic rings. The molecule has 0 radical (unpaired) electrons. The van der Waals surface area contributed by atoms with Crippen molar-refractivity contribution in [3.8, 4) is 5.75 Å². The van der Waals surface area contributed by atoms with Gasteiger partial charge >= 0.3 is 0 Å². The number of rotatable bonds is 6. The molecule has 0 spiro atoms. The van der Waals surface area contributed by atoms with Gasteiger partial charge in [-0.3, -0.25) is 9.59 Å². The van der Waals surface area contributed by atoms with Crippen molar-refractivity contribution < 1.29 is 14.3 Å². The Morgan fingerprint density at radius 3 is 2.92 bits per heavy atom. The molecule has 0 atom stereocenters. The van der Waals surface area contributed by atoms with Crippen molar-refractivity contribution in [3.63, 3.8) is 0 Å². The van der Waals surface area contributed by atoms with E-state index in [-0.39, 0.29) is 24.8 Å². The van der Waals surface area contributed by atoms with Crippen molar-refractivity contribution in [2.45, 2.75) is 6.42 Å². The van der Waals surface area contributed by atoms with Gasteiger partial charge in [-0.15, -0.1) is 0 Å². The van der Waals surface area contributed by atoms with Gasteiger partial charge in [0.2, 0.25) is 5.91 Å². The Hall–Kier alpha value is -2.45. The van der Waals surface area contributed by atoms with E-state index >= 15 is 0 Å². The largest absolute Gasteiger partial charge is 0.494 e. The minimum atomic E-state index is -0.196. The third kappa shape index (κ3) is 3.72. The summed E-state index contributed by atoms with van der Waals surface area (Å²) in [6, 6.07) is 7.37. The average Bonchev–Trinajstić information content (AvgIpc) is 3.23. The molecule has 2 amide bonds. The lowest BCUT2D eigenvalue weighted by atomic mass is 10.3. The van der Waals surface area contributed by atoms with E-state index < -0.39 is 0 Å². The second-order valence-electron chi connectivity index (χ2n) is 4.89. The Morgan fingerprint density at radius 2 is 2.17 bits per heavy atom. The molecular formula is C16H15N3O3S2. The van der Waals surface area contributed by atoms with E-state index in [1.165, 1.54) is 22.7 Å². The van der Waals surface area contributed by atoms with Crippen molar-refractivity contribution in [1.82, 2.24) is 10.3 Å². The first-order valence-electron chi connectivity index (χ1n) is 7.21. The zero-order chi connectivity index (χ0) is 16.9. The molecule has 8 heteroatoms. The van der Waals surface area contributed by atoms with Crippen LogP contribution in [0, 0.1) is 0 Å². The summed E-state index contributed by atoms with van der Waals surface area (Å²) in [4.78, 5) is 28.1. The van der Waals surface area contributed by atoms with Crippen molar-refractivity contribution in [1.29, 1.82) is 0 Å². The topological polar surface area (TPSA) is 80.3 Å². The Kier molecular flexibility index (Phi) is 5.07. The number of thiophene rings is 1. The molecule has 2 heterocycles. The number of aromatic nitrogens is 1. The van der Waals surface area contributed by atoms with Crippen molar-refractivity contribution in [3.05, 3.63) is 40.6 Å². The molecule has 2 N–H and O–H groups in total. The van der Waals surface area contributed by atoms with E-state index in [9.17, 15) is 9.59 Å². The number of nitrogens with one attached hydrogen (secondary N) is 2. The molecule has 124 valence electrons. The minimum absolute atomic E-state index is 0.172. The molecule has 3 rings (SSSR count). The minimum Gasteiger partial charge on any atom is -0.494 e. The van der Waals surface area contributed by atoms with Crippen LogP contribution in [0.25, 0.3) is 10.2 Å². The van der Waals surface area contributed by atoms with Gasteiger partial charge in [0.15, 0.2) is 5.13 Å². The lowest BCUT2D eigenvalue weighted by Crippen LogP contribution is -2.27. The van der Waals surface area contributed by atoms with Crippen LogP contribution < -0.4 is 15.4 Å². The second kappa shape index (κ2) is 7.41. The average molecular weight is 361 g/mol. The van der Waals surface area contributed by atoms with Gasteiger partial charge in [-0.25, -0.2) is 4.98 Å². The van der Waals surface area contributed by atoms with E-state index in [0.29, 0.717) is 16.4 Å². The number of hydrogen-bond donors (Lipinski definition) is 2. The van der Waals surface area contributed by atoms with Crippen LogP contribution in [-0.2, 0) is 4.79 Å². The summed E-state index contributed by atoms with van der Waals surface area (Å²) < 4.78 is 6.20. The number of benzene rings is 1. The summed E-state index contributed by atoms with van der Waals surface area (Å²) in [7, 11) is 1.59. The monoisotopic (exact) mass is 361 g/mol. The molecule has 0 saturated heterocycles. The fourth-order valence-corrected chi connectivity index (χ4v) is 3.64. The number of para-hydroxylation sites is 1. The molecule has 0 aliphatic rings. The highest BCUT2D eigenvalue weighted by Crippen LogP contribution is 2.32. The maximum atomic E-state index is 12.0. The number of fused-ring (bicyclic) bond motifs is 1. The number of ether oxygens (including phenoxy) is 1. The quantitative estimate of drug-likeness (QED) is 0.707. The van der Waals surface area contributed by atoms with Crippen LogP contribution in [0.1, 0.15) is 16.8 Å². The second-order valence-corrected chi connectivity index (χ2v) is 6.70. The maximum absolute atomic E-state index is 12.0. The first-order valence-corrected chi connectivity index (χ1v) is 8.97. The zero-order valence-electron chi connectivity index (χ0n) is 12.9. The predicted octanol–water partition coefficient (Wildman–Crippen LogP) is 3.13. The summed E-state index contributed by atoms with van der Waals surface area (Å²) >= 11 is 2.84. The maximum Gasteiger partial charge on any atom is 0.252 e. The fraction of sp³-hybridized carbons (Fsp3) is 0.188. The summed E-state index contributed by atoms with van der Waals surface area (Å²) in [5.74, 6) is 0.305. The molecular weight excluding hydrogens is 346 g/mol. The highest BCUT2D eigenvalue weighted by molar-refractivity contribution is 7.22. The molecule has 0 aliphatic heterocycles. The Bertz CT molecular complexity index is 859. The third-order valence-electron chi connectivity index (χ3n) is 3.27. The van der Waals surface area contributed by atoms with Gasteiger partial charge in [0.05, 0.1) is 11.8 Å². The van der Waals surface area contributed by atoms with Crippen LogP contribution in [0.2, 0.25) is 0 Å². The molecule has 24 heavy (non-hydrogen) atoms.